The van der Waals surface area contributed by atoms with Crippen LogP contribution in [-0.4, -0.2) is 72.2 Å². The number of piperazine rings is 1. The number of nitrogens with zero attached hydrogens (tertiary/aromatic N) is 5. The molecule has 2 aliphatic rings. The highest BCUT2D eigenvalue weighted by molar-refractivity contribution is 7.13. The highest BCUT2D eigenvalue weighted by atomic mass is 32.1. The van der Waals surface area contributed by atoms with Gasteiger partial charge in [-0.05, 0) is 49.5 Å². The predicted molar refractivity (Wildman–Crippen MR) is 127 cm³/mol. The highest BCUT2D eigenvalue weighted by Crippen LogP contribution is 2.29. The first kappa shape index (κ1) is 21.9. The topological polar surface area (TPSA) is 74.9 Å². The highest BCUT2D eigenvalue weighted by Gasteiger charge is 2.31. The van der Waals surface area contributed by atoms with Crippen LogP contribution in [0.2, 0.25) is 0 Å². The molecule has 0 radical (unpaired) electrons. The third-order valence-electron chi connectivity index (χ3n) is 6.52. The Morgan fingerprint density at radius 2 is 1.88 bits per heavy atom. The zero-order chi connectivity index (χ0) is 22.6. The first-order valence-electron chi connectivity index (χ1n) is 11.5. The summed E-state index contributed by atoms with van der Waals surface area (Å²) < 4.78 is 10.9. The van der Waals surface area contributed by atoms with Gasteiger partial charge in [0.2, 0.25) is 17.6 Å². The number of hydrogen-bond acceptors (Lipinski definition) is 8. The van der Waals surface area contributed by atoms with Crippen molar-refractivity contribution in [3.8, 4) is 16.5 Å². The van der Waals surface area contributed by atoms with Crippen LogP contribution >= 0.6 is 11.3 Å². The Balaban J connectivity index is 1.09. The summed E-state index contributed by atoms with van der Waals surface area (Å²) in [6.45, 7) is 5.54. The van der Waals surface area contributed by atoms with Gasteiger partial charge in [-0.1, -0.05) is 23.4 Å². The van der Waals surface area contributed by atoms with Crippen LogP contribution in [0, 0.1) is 5.92 Å². The number of hydrogen-bond donors (Lipinski definition) is 0. The number of anilines is 1. The minimum absolute atomic E-state index is 0.100. The lowest BCUT2D eigenvalue weighted by molar-refractivity contribution is -0.137. The molecule has 1 amide bonds. The van der Waals surface area contributed by atoms with Crippen molar-refractivity contribution in [1.82, 2.24) is 19.9 Å². The Labute approximate surface area is 197 Å². The summed E-state index contributed by atoms with van der Waals surface area (Å²) >= 11 is 1.60. The largest absolute Gasteiger partial charge is 0.495 e. The zero-order valence-electron chi connectivity index (χ0n) is 18.9. The van der Waals surface area contributed by atoms with Crippen LogP contribution in [0.25, 0.3) is 10.7 Å². The lowest BCUT2D eigenvalue weighted by Gasteiger charge is -2.39. The summed E-state index contributed by atoms with van der Waals surface area (Å²) in [6.07, 6.45) is 1.74. The summed E-state index contributed by atoms with van der Waals surface area (Å²) in [7, 11) is 1.70. The van der Waals surface area contributed by atoms with Crippen LogP contribution in [0.1, 0.15) is 18.7 Å². The van der Waals surface area contributed by atoms with Gasteiger partial charge in [0.05, 0.1) is 24.2 Å². The molecule has 0 unspecified atom stereocenters. The van der Waals surface area contributed by atoms with Gasteiger partial charge < -0.3 is 19.1 Å². The molecule has 9 heteroatoms. The fourth-order valence-electron chi connectivity index (χ4n) is 4.67. The van der Waals surface area contributed by atoms with Gasteiger partial charge in [0, 0.05) is 32.1 Å². The van der Waals surface area contributed by atoms with Crippen molar-refractivity contribution in [2.75, 3.05) is 51.3 Å². The molecule has 0 saturated carbocycles. The smallest absolute Gasteiger partial charge is 0.241 e. The van der Waals surface area contributed by atoms with Crippen LogP contribution in [-0.2, 0) is 11.3 Å². The Morgan fingerprint density at radius 3 is 2.61 bits per heavy atom. The third kappa shape index (κ3) is 4.89. The molecule has 33 heavy (non-hydrogen) atoms. The molecule has 5 rings (SSSR count). The summed E-state index contributed by atoms with van der Waals surface area (Å²) in [5.74, 6) is 2.57. The number of likely N-dealkylation sites (tertiary alicyclic amines) is 1. The molecule has 2 saturated heterocycles. The number of carbonyl (C=O) groups is 1. The van der Waals surface area contributed by atoms with E-state index in [0.717, 1.165) is 68.4 Å². The Kier molecular flexibility index (Phi) is 6.59. The van der Waals surface area contributed by atoms with Crippen molar-refractivity contribution in [2.24, 2.45) is 5.92 Å². The molecule has 2 aromatic heterocycles. The van der Waals surface area contributed by atoms with Crippen LogP contribution in [0.15, 0.2) is 46.3 Å². The maximum Gasteiger partial charge on any atom is 0.241 e. The third-order valence-corrected chi connectivity index (χ3v) is 7.39. The molecule has 0 aliphatic carbocycles. The van der Waals surface area contributed by atoms with Crippen molar-refractivity contribution < 1.29 is 14.1 Å². The standard InChI is InChI=1S/C24H29N5O3S/c1-31-20-6-3-2-5-19(20)28-12-14-29(15-13-28)24(30)18-8-10-27(11-9-18)17-22-25-23(26-32-22)21-7-4-16-33-21/h2-7,16,18H,8-15,17H2,1H3. The Bertz CT molecular complexity index is 1050. The van der Waals surface area contributed by atoms with E-state index in [-0.39, 0.29) is 5.92 Å². The summed E-state index contributed by atoms with van der Waals surface area (Å²) in [6, 6.07) is 12.1. The van der Waals surface area contributed by atoms with Crippen LogP contribution in [0.4, 0.5) is 5.69 Å². The predicted octanol–water partition coefficient (Wildman–Crippen LogP) is 3.37. The van der Waals surface area contributed by atoms with Gasteiger partial charge in [-0.15, -0.1) is 11.3 Å². The monoisotopic (exact) mass is 467 g/mol. The second-order valence-electron chi connectivity index (χ2n) is 8.52. The molecule has 0 spiro atoms. The average molecular weight is 468 g/mol. The average Bonchev–Trinajstić information content (AvgIpc) is 3.57. The molecule has 2 fully saturated rings. The molecule has 2 aliphatic heterocycles. The van der Waals surface area contributed by atoms with Crippen molar-refractivity contribution in [3.05, 3.63) is 47.7 Å². The lowest BCUT2D eigenvalue weighted by atomic mass is 9.95. The molecular formula is C24H29N5O3S. The minimum atomic E-state index is 0.100. The SMILES string of the molecule is COc1ccccc1N1CCN(C(=O)C2CCN(Cc3nc(-c4cccs4)no3)CC2)CC1. The van der Waals surface area contributed by atoms with Crippen molar-refractivity contribution in [3.63, 3.8) is 0 Å². The second-order valence-corrected chi connectivity index (χ2v) is 9.47. The number of ether oxygens (including phenoxy) is 1. The van der Waals surface area contributed by atoms with E-state index in [1.165, 1.54) is 0 Å². The van der Waals surface area contributed by atoms with E-state index in [1.54, 1.807) is 18.4 Å². The number of para-hydroxylation sites is 2. The zero-order valence-corrected chi connectivity index (χ0v) is 19.7. The number of amides is 1. The molecule has 4 heterocycles. The number of piperidine rings is 1. The molecule has 1 aromatic carbocycles. The number of rotatable bonds is 6. The quantitative estimate of drug-likeness (QED) is 0.550. The van der Waals surface area contributed by atoms with E-state index >= 15 is 0 Å². The van der Waals surface area contributed by atoms with Crippen LogP contribution in [0.3, 0.4) is 0 Å². The van der Waals surface area contributed by atoms with Crippen LogP contribution in [0.5, 0.6) is 5.75 Å². The minimum Gasteiger partial charge on any atom is -0.495 e. The van der Waals surface area contributed by atoms with Gasteiger partial charge >= 0.3 is 0 Å². The molecule has 174 valence electrons. The number of methoxy groups -OCH3 is 1. The first-order chi connectivity index (χ1) is 16.2. The van der Waals surface area contributed by atoms with Gasteiger partial charge in [0.25, 0.3) is 0 Å². The summed E-state index contributed by atoms with van der Waals surface area (Å²) in [5.41, 5.74) is 1.10. The molecule has 8 nitrogen and oxygen atoms in total. The number of thiophene rings is 1. The number of carbonyl (C=O) groups excluding carboxylic acids is 1. The fraction of sp³-hybridized carbons (Fsp3) is 0.458. The summed E-state index contributed by atoms with van der Waals surface area (Å²) in [5, 5.41) is 6.10. The maximum absolute atomic E-state index is 13.1. The molecule has 3 aromatic rings. The van der Waals surface area contributed by atoms with Gasteiger partial charge in [-0.25, -0.2) is 0 Å². The number of benzene rings is 1. The molecule has 0 N–H and O–H groups in total. The normalized spacial score (nSPS) is 18.0. The van der Waals surface area contributed by atoms with Gasteiger partial charge in [-0.3, -0.25) is 9.69 Å². The Hall–Kier alpha value is -2.91. The van der Waals surface area contributed by atoms with Crippen molar-refractivity contribution in [1.29, 1.82) is 0 Å². The lowest BCUT2D eigenvalue weighted by Crippen LogP contribution is -2.51. The van der Waals surface area contributed by atoms with E-state index in [4.69, 9.17) is 9.26 Å². The van der Waals surface area contributed by atoms with Crippen molar-refractivity contribution in [2.45, 2.75) is 19.4 Å². The van der Waals surface area contributed by atoms with E-state index in [9.17, 15) is 4.79 Å². The van der Waals surface area contributed by atoms with E-state index in [0.29, 0.717) is 24.2 Å². The van der Waals surface area contributed by atoms with Gasteiger partial charge in [0.1, 0.15) is 5.75 Å². The van der Waals surface area contributed by atoms with Gasteiger partial charge in [-0.2, -0.15) is 4.98 Å². The van der Waals surface area contributed by atoms with Crippen molar-refractivity contribution >= 4 is 22.9 Å². The van der Waals surface area contributed by atoms with E-state index in [1.807, 2.05) is 40.6 Å². The van der Waals surface area contributed by atoms with Gasteiger partial charge in [0.15, 0.2) is 0 Å². The maximum atomic E-state index is 13.1. The van der Waals surface area contributed by atoms with E-state index in [2.05, 4.69) is 26.0 Å². The summed E-state index contributed by atoms with van der Waals surface area (Å²) in [4.78, 5) is 25.3. The van der Waals surface area contributed by atoms with Crippen LogP contribution < -0.4 is 9.64 Å². The second kappa shape index (κ2) is 9.93. The first-order valence-corrected chi connectivity index (χ1v) is 12.3. The molecule has 0 bridgehead atoms. The number of aromatic nitrogens is 2. The fourth-order valence-corrected chi connectivity index (χ4v) is 5.32. The van der Waals surface area contributed by atoms with E-state index < -0.39 is 0 Å². The molecular weight excluding hydrogens is 438 g/mol. The Morgan fingerprint density at radius 1 is 1.09 bits per heavy atom. The molecule has 0 atom stereocenters.